The zero-order valence-corrected chi connectivity index (χ0v) is 67.8. The van der Waals surface area contributed by atoms with Crippen LogP contribution in [0.1, 0.15) is 439 Å². The molecule has 0 saturated carbocycles. The molecule has 0 amide bonds. The molecule has 3 N–H and O–H groups in total. The lowest BCUT2D eigenvalue weighted by molar-refractivity contribution is -0.161. The van der Waals surface area contributed by atoms with Crippen LogP contribution >= 0.6 is 15.6 Å². The highest BCUT2D eigenvalue weighted by Crippen LogP contribution is 2.45. The fourth-order valence-electron chi connectivity index (χ4n) is 12.8. The largest absolute Gasteiger partial charge is 0.472 e. The van der Waals surface area contributed by atoms with Gasteiger partial charge in [-0.25, -0.2) is 9.13 Å². The van der Waals surface area contributed by atoms with Gasteiger partial charge in [0.25, 0.3) is 0 Å². The summed E-state index contributed by atoms with van der Waals surface area (Å²) in [6, 6.07) is 0. The predicted octanol–water partition coefficient (Wildman–Crippen LogP) is 24.8. The van der Waals surface area contributed by atoms with Crippen LogP contribution in [0.4, 0.5) is 0 Å². The summed E-state index contributed by atoms with van der Waals surface area (Å²) in [6.45, 7) is 7.29. The van der Waals surface area contributed by atoms with Crippen molar-refractivity contribution in [2.24, 2.45) is 5.92 Å². The molecule has 2 unspecified atom stereocenters. The summed E-state index contributed by atoms with van der Waals surface area (Å²) in [5.41, 5.74) is 0. The third-order valence-corrected chi connectivity index (χ3v) is 21.2. The number of phosphoric acid groups is 2. The summed E-state index contributed by atoms with van der Waals surface area (Å²) in [5, 5.41) is 10.6. The molecule has 101 heavy (non-hydrogen) atoms. The van der Waals surface area contributed by atoms with Gasteiger partial charge in [-0.05, 0) is 31.6 Å². The Labute approximate surface area is 619 Å². The van der Waals surface area contributed by atoms with Gasteiger partial charge in [-0.15, -0.1) is 0 Å². The van der Waals surface area contributed by atoms with Crippen LogP contribution in [0.25, 0.3) is 0 Å². The van der Waals surface area contributed by atoms with Crippen LogP contribution in [0.3, 0.4) is 0 Å². The van der Waals surface area contributed by atoms with E-state index >= 15 is 0 Å². The molecule has 0 aliphatic carbocycles. The van der Waals surface area contributed by atoms with E-state index in [9.17, 15) is 43.2 Å². The highest BCUT2D eigenvalue weighted by Gasteiger charge is 2.30. The summed E-state index contributed by atoms with van der Waals surface area (Å²) in [5.74, 6) is -1.30. The molecule has 19 heteroatoms. The van der Waals surface area contributed by atoms with Crippen LogP contribution in [0.2, 0.25) is 0 Å². The molecule has 0 aromatic carbocycles. The van der Waals surface area contributed by atoms with Crippen molar-refractivity contribution in [2.45, 2.75) is 457 Å². The first-order valence-electron chi connectivity index (χ1n) is 42.6. The third-order valence-electron chi connectivity index (χ3n) is 19.3. The predicted molar refractivity (Wildman–Crippen MR) is 414 cm³/mol. The lowest BCUT2D eigenvalue weighted by atomic mass is 10.0. The highest BCUT2D eigenvalue weighted by molar-refractivity contribution is 7.47. The van der Waals surface area contributed by atoms with Gasteiger partial charge in [0.2, 0.25) is 0 Å². The number of unbranched alkanes of at least 4 members (excludes halogenated alkanes) is 54. The third kappa shape index (κ3) is 76.1. The van der Waals surface area contributed by atoms with Gasteiger partial charge in [-0.2, -0.15) is 0 Å². The van der Waals surface area contributed by atoms with Crippen molar-refractivity contribution in [3.05, 3.63) is 0 Å². The Morgan fingerprint density at radius 1 is 0.267 bits per heavy atom. The first-order chi connectivity index (χ1) is 49.0. The minimum atomic E-state index is -4.96. The van der Waals surface area contributed by atoms with E-state index in [4.69, 9.17) is 37.0 Å². The number of phosphoric ester groups is 2. The quantitative estimate of drug-likeness (QED) is 0.0222. The lowest BCUT2D eigenvalue weighted by Crippen LogP contribution is -2.30. The van der Waals surface area contributed by atoms with E-state index in [1.165, 1.54) is 257 Å². The minimum absolute atomic E-state index is 0.108. The number of hydrogen-bond donors (Lipinski definition) is 3. The second kappa shape index (κ2) is 74.9. The van der Waals surface area contributed by atoms with Crippen LogP contribution in [0.5, 0.6) is 0 Å². The number of aliphatic hydroxyl groups excluding tert-OH is 1. The maximum Gasteiger partial charge on any atom is 0.472 e. The van der Waals surface area contributed by atoms with Crippen molar-refractivity contribution in [3.8, 4) is 0 Å². The van der Waals surface area contributed by atoms with Gasteiger partial charge in [-0.3, -0.25) is 37.3 Å². The van der Waals surface area contributed by atoms with Crippen LogP contribution in [-0.4, -0.2) is 96.7 Å². The fraction of sp³-hybridized carbons (Fsp3) is 0.951. The van der Waals surface area contributed by atoms with Crippen LogP contribution in [0.15, 0.2) is 0 Å². The molecule has 5 atom stereocenters. The molecule has 0 bridgehead atoms. The van der Waals surface area contributed by atoms with Gasteiger partial charge in [0.05, 0.1) is 26.4 Å². The van der Waals surface area contributed by atoms with Gasteiger partial charge in [0.15, 0.2) is 12.2 Å². The highest BCUT2D eigenvalue weighted by atomic mass is 31.2. The topological polar surface area (TPSA) is 237 Å². The number of carbonyl (C=O) groups is 4. The Morgan fingerprint density at radius 3 is 0.673 bits per heavy atom. The normalized spacial score (nSPS) is 13.8. The van der Waals surface area contributed by atoms with Gasteiger partial charge in [-0.1, -0.05) is 388 Å². The van der Waals surface area contributed by atoms with Crippen molar-refractivity contribution < 1.29 is 80.2 Å². The minimum Gasteiger partial charge on any atom is -0.462 e. The number of rotatable bonds is 82. The summed E-state index contributed by atoms with van der Waals surface area (Å²) in [4.78, 5) is 72.8. The molecule has 0 fully saturated rings. The molecule has 600 valence electrons. The Balaban J connectivity index is 5.11. The van der Waals surface area contributed by atoms with Crippen molar-refractivity contribution in [3.63, 3.8) is 0 Å². The number of carbonyl (C=O) groups excluding carboxylic acids is 4. The smallest absolute Gasteiger partial charge is 0.462 e. The zero-order chi connectivity index (χ0) is 74.1. The van der Waals surface area contributed by atoms with Gasteiger partial charge in [0, 0.05) is 25.7 Å². The molecule has 0 aliphatic rings. The van der Waals surface area contributed by atoms with Crippen LogP contribution in [0, 0.1) is 5.92 Å². The first-order valence-corrected chi connectivity index (χ1v) is 45.6. The Kier molecular flexibility index (Phi) is 73.5. The van der Waals surface area contributed by atoms with E-state index in [0.717, 1.165) is 102 Å². The molecule has 0 aromatic heterocycles. The zero-order valence-electron chi connectivity index (χ0n) is 66.1. The van der Waals surface area contributed by atoms with Crippen molar-refractivity contribution in [2.75, 3.05) is 39.6 Å². The summed E-state index contributed by atoms with van der Waals surface area (Å²) in [6.07, 6.45) is 67.1. The van der Waals surface area contributed by atoms with Gasteiger partial charge in [0.1, 0.15) is 19.3 Å². The number of ether oxygens (including phenoxy) is 4. The summed E-state index contributed by atoms with van der Waals surface area (Å²) >= 11 is 0. The van der Waals surface area contributed by atoms with Crippen molar-refractivity contribution in [1.82, 2.24) is 0 Å². The monoisotopic (exact) mass is 1480 g/mol. The summed E-state index contributed by atoms with van der Waals surface area (Å²) < 4.78 is 68.5. The number of aliphatic hydroxyl groups is 1. The van der Waals surface area contributed by atoms with E-state index < -0.39 is 97.5 Å². The number of hydrogen-bond acceptors (Lipinski definition) is 15. The molecule has 0 aromatic rings. The maximum atomic E-state index is 13.1. The maximum absolute atomic E-state index is 13.1. The molecule has 0 aliphatic heterocycles. The molecule has 0 saturated heterocycles. The van der Waals surface area contributed by atoms with E-state index in [1.54, 1.807) is 0 Å². The van der Waals surface area contributed by atoms with Crippen molar-refractivity contribution in [1.29, 1.82) is 0 Å². The van der Waals surface area contributed by atoms with Gasteiger partial charge < -0.3 is 33.8 Å². The molecule has 0 heterocycles. The molecule has 0 radical (unpaired) electrons. The van der Waals surface area contributed by atoms with E-state index in [-0.39, 0.29) is 25.7 Å². The molecular formula is C82H160O17P2. The van der Waals surface area contributed by atoms with Gasteiger partial charge >= 0.3 is 39.5 Å². The van der Waals surface area contributed by atoms with Crippen molar-refractivity contribution >= 4 is 39.5 Å². The Morgan fingerprint density at radius 2 is 0.455 bits per heavy atom. The molecule has 0 rings (SSSR count). The van der Waals surface area contributed by atoms with E-state index in [2.05, 4.69) is 34.6 Å². The summed E-state index contributed by atoms with van der Waals surface area (Å²) in [7, 11) is -9.91. The Hall–Kier alpha value is -1.94. The fourth-order valence-corrected chi connectivity index (χ4v) is 14.3. The second-order valence-electron chi connectivity index (χ2n) is 30.0. The lowest BCUT2D eigenvalue weighted by Gasteiger charge is -2.21. The number of esters is 4. The first kappa shape index (κ1) is 99.1. The Bertz CT molecular complexity index is 1930. The van der Waals surface area contributed by atoms with Crippen LogP contribution < -0.4 is 0 Å². The second-order valence-corrected chi connectivity index (χ2v) is 32.9. The molecule has 17 nitrogen and oxygen atoms in total. The molecular weight excluding hydrogens is 1320 g/mol. The SMILES string of the molecule is CCCCCCCCCCCCCCCCCCCCC(=O)OC[C@H](COP(=O)(O)OC[C@@H](O)COP(=O)(O)OC[C@@H](COC(=O)CCCCCCC)OC(=O)CCCCCCCCCCCCCCCCCCC)OC(=O)CCCCCCCCCCCCCCCCCCCCC(C)C. The van der Waals surface area contributed by atoms with Crippen LogP contribution in [-0.2, 0) is 65.4 Å². The average Bonchev–Trinajstić information content (AvgIpc) is 1.01. The van der Waals surface area contributed by atoms with E-state index in [1.807, 2.05) is 0 Å². The van der Waals surface area contributed by atoms with E-state index in [0.29, 0.717) is 25.7 Å². The standard InChI is InChI=1S/C82H160O17P2/c1-6-9-12-15-17-19-21-23-25-27-32-35-39-43-47-51-56-61-66-80(85)93-72-78(99-82(87)68-63-58-53-49-45-41-37-33-29-28-31-34-38-42-46-50-55-59-64-75(4)5)74-97-101(90,91)95-70-76(83)69-94-100(88,89)96-73-77(71-92-79(84)65-60-54-14-11-8-3)98-81(86)67-62-57-52-48-44-40-36-30-26-24-22-20-18-16-13-10-7-2/h75-78,83H,6-74H2,1-5H3,(H,88,89)(H,90,91)/t76-,77+,78+/m0/s1. The molecule has 0 spiro atoms. The average molecular weight is 1480 g/mol.